The van der Waals surface area contributed by atoms with Crippen LogP contribution in [0.5, 0.6) is 11.5 Å². The molecule has 0 spiro atoms. The number of phenols is 2. The summed E-state index contributed by atoms with van der Waals surface area (Å²) in [5, 5.41) is 23.3. The van der Waals surface area contributed by atoms with E-state index >= 15 is 0 Å². The molecule has 1 atom stereocenters. The van der Waals surface area contributed by atoms with Crippen molar-refractivity contribution in [3.63, 3.8) is 0 Å². The maximum Gasteiger partial charge on any atom is 0.268 e. The molecule has 262 valence electrons. The van der Waals surface area contributed by atoms with Crippen molar-refractivity contribution < 1.29 is 28.2 Å². The van der Waals surface area contributed by atoms with Gasteiger partial charge in [0, 0.05) is 25.1 Å². The van der Waals surface area contributed by atoms with Gasteiger partial charge in [-0.2, -0.15) is 0 Å². The Labute approximate surface area is 294 Å². The van der Waals surface area contributed by atoms with Crippen LogP contribution < -0.4 is 9.62 Å². The van der Waals surface area contributed by atoms with Crippen LogP contribution in [0.3, 0.4) is 0 Å². The van der Waals surface area contributed by atoms with E-state index in [0.29, 0.717) is 24.7 Å². The van der Waals surface area contributed by atoms with Gasteiger partial charge in [-0.15, -0.1) is 0 Å². The van der Waals surface area contributed by atoms with Gasteiger partial charge in [-0.05, 0) is 124 Å². The predicted molar refractivity (Wildman–Crippen MR) is 193 cm³/mol. The van der Waals surface area contributed by atoms with Crippen molar-refractivity contribution in [2.75, 3.05) is 37.0 Å². The van der Waals surface area contributed by atoms with Crippen LogP contribution in [0.2, 0.25) is 0 Å². The van der Waals surface area contributed by atoms with Crippen LogP contribution >= 0.6 is 0 Å². The molecule has 2 aliphatic heterocycles. The van der Waals surface area contributed by atoms with E-state index in [-0.39, 0.29) is 40.0 Å². The SMILES string of the molecule is O=C(NC(Cc1ccc(O)cc1)C(=O)N1CCC(CCN2CCCC2)CC1)c1ccc(S(=O)(=O)N(c2ccccc2)c2ccccc2O)cc1. The molecule has 11 heteroatoms. The number of likely N-dealkylation sites (tertiary alicyclic amines) is 2. The summed E-state index contributed by atoms with van der Waals surface area (Å²) in [7, 11) is -4.22. The molecule has 1 unspecified atom stereocenters. The number of carbonyl (C=O) groups excluding carboxylic acids is 2. The second kappa shape index (κ2) is 15.8. The van der Waals surface area contributed by atoms with Gasteiger partial charge in [0.15, 0.2) is 0 Å². The van der Waals surface area contributed by atoms with Crippen molar-refractivity contribution in [1.82, 2.24) is 15.1 Å². The quantitative estimate of drug-likeness (QED) is 0.174. The minimum atomic E-state index is -4.22. The lowest BCUT2D eigenvalue weighted by Crippen LogP contribution is -2.51. The van der Waals surface area contributed by atoms with Gasteiger partial charge in [0.05, 0.1) is 16.3 Å². The number of hydrogen-bond donors (Lipinski definition) is 3. The molecule has 2 aliphatic rings. The van der Waals surface area contributed by atoms with Gasteiger partial charge in [0.25, 0.3) is 15.9 Å². The number of phenolic OH excluding ortho intramolecular Hbond substituents is 2. The van der Waals surface area contributed by atoms with E-state index in [1.807, 2.05) is 4.90 Å². The summed E-state index contributed by atoms with van der Waals surface area (Å²) in [6.45, 7) is 4.73. The topological polar surface area (TPSA) is 130 Å². The number of sulfonamides is 1. The van der Waals surface area contributed by atoms with E-state index in [9.17, 15) is 28.2 Å². The molecule has 50 heavy (non-hydrogen) atoms. The third-order valence-electron chi connectivity index (χ3n) is 9.70. The standard InChI is InChI=1S/C39H44N4O6S/c44-33-16-12-30(13-17-33)28-35(39(47)42-26-21-29(22-27-42)20-25-41-23-6-7-24-41)40-38(46)31-14-18-34(19-15-31)50(48,49)43(32-8-2-1-3-9-32)36-10-4-5-11-37(36)45/h1-5,8-19,29,35,44-45H,6-7,20-28H2,(H,40,46). The van der Waals surface area contributed by atoms with Crippen LogP contribution in [0.15, 0.2) is 108 Å². The molecule has 2 heterocycles. The van der Waals surface area contributed by atoms with Crippen molar-refractivity contribution in [2.45, 2.75) is 49.5 Å². The first-order valence-electron chi connectivity index (χ1n) is 17.3. The molecule has 2 fully saturated rings. The Morgan fingerprint density at radius 2 is 1.44 bits per heavy atom. The number of rotatable bonds is 12. The Kier molecular flexibility index (Phi) is 11.0. The fourth-order valence-electron chi connectivity index (χ4n) is 6.83. The Morgan fingerprint density at radius 3 is 2.10 bits per heavy atom. The van der Waals surface area contributed by atoms with Gasteiger partial charge in [-0.3, -0.25) is 9.59 Å². The molecule has 0 saturated carbocycles. The van der Waals surface area contributed by atoms with Crippen molar-refractivity contribution in [3.8, 4) is 11.5 Å². The lowest BCUT2D eigenvalue weighted by Gasteiger charge is -2.35. The van der Waals surface area contributed by atoms with E-state index in [2.05, 4.69) is 10.2 Å². The lowest BCUT2D eigenvalue weighted by atomic mass is 9.92. The number of piperidine rings is 1. The number of benzene rings is 4. The zero-order valence-corrected chi connectivity index (χ0v) is 28.8. The summed E-state index contributed by atoms with van der Waals surface area (Å²) in [4.78, 5) is 31.8. The van der Waals surface area contributed by atoms with Crippen LogP contribution in [0.4, 0.5) is 11.4 Å². The summed E-state index contributed by atoms with van der Waals surface area (Å²) in [5.41, 5.74) is 1.41. The summed E-state index contributed by atoms with van der Waals surface area (Å²) in [5.74, 6) is -0.188. The van der Waals surface area contributed by atoms with Crippen LogP contribution in [0, 0.1) is 5.92 Å². The molecule has 6 rings (SSSR count). The summed E-state index contributed by atoms with van der Waals surface area (Å²) < 4.78 is 29.1. The Bertz CT molecular complexity index is 1860. The highest BCUT2D eigenvalue weighted by atomic mass is 32.2. The fourth-order valence-corrected chi connectivity index (χ4v) is 8.34. The molecular weight excluding hydrogens is 653 g/mol. The zero-order chi connectivity index (χ0) is 35.1. The third kappa shape index (κ3) is 8.28. The van der Waals surface area contributed by atoms with E-state index in [0.717, 1.165) is 35.7 Å². The monoisotopic (exact) mass is 696 g/mol. The van der Waals surface area contributed by atoms with E-state index in [4.69, 9.17) is 0 Å². The normalized spacial score (nSPS) is 16.2. The number of nitrogens with zero attached hydrogens (tertiary/aromatic N) is 3. The van der Waals surface area contributed by atoms with Gasteiger partial charge >= 0.3 is 0 Å². The number of para-hydroxylation sites is 3. The second-order valence-electron chi connectivity index (χ2n) is 13.1. The first-order chi connectivity index (χ1) is 24.2. The molecule has 4 aromatic rings. The maximum absolute atomic E-state index is 14.0. The Balaban J connectivity index is 1.17. The number of amides is 2. The number of nitrogens with one attached hydrogen (secondary N) is 1. The van der Waals surface area contributed by atoms with Crippen molar-refractivity contribution in [1.29, 1.82) is 0 Å². The van der Waals surface area contributed by atoms with E-state index in [1.54, 1.807) is 66.7 Å². The highest BCUT2D eigenvalue weighted by Crippen LogP contribution is 2.37. The minimum Gasteiger partial charge on any atom is -0.508 e. The Morgan fingerprint density at radius 1 is 0.800 bits per heavy atom. The maximum atomic E-state index is 14.0. The van der Waals surface area contributed by atoms with E-state index < -0.39 is 22.0 Å². The average Bonchev–Trinajstić information content (AvgIpc) is 3.67. The average molecular weight is 697 g/mol. The molecule has 2 saturated heterocycles. The highest BCUT2D eigenvalue weighted by Gasteiger charge is 2.32. The molecule has 0 bridgehead atoms. The summed E-state index contributed by atoms with van der Waals surface area (Å²) in [6, 6.07) is 25.9. The lowest BCUT2D eigenvalue weighted by molar-refractivity contribution is -0.134. The number of aromatic hydroxyl groups is 2. The van der Waals surface area contributed by atoms with Crippen LogP contribution in [-0.2, 0) is 21.2 Å². The van der Waals surface area contributed by atoms with Crippen LogP contribution in [0.25, 0.3) is 0 Å². The third-order valence-corrected chi connectivity index (χ3v) is 11.5. The van der Waals surface area contributed by atoms with Crippen molar-refractivity contribution in [3.05, 3.63) is 114 Å². The Hall–Kier alpha value is -4.87. The molecule has 3 N–H and O–H groups in total. The zero-order valence-electron chi connectivity index (χ0n) is 28.0. The molecule has 0 aliphatic carbocycles. The van der Waals surface area contributed by atoms with Crippen LogP contribution in [-0.4, -0.2) is 79.0 Å². The fraction of sp³-hybridized carbons (Fsp3) is 0.333. The number of hydrogen-bond acceptors (Lipinski definition) is 7. The van der Waals surface area contributed by atoms with Gasteiger partial charge in [0.1, 0.15) is 17.5 Å². The molecular formula is C39H44N4O6S. The minimum absolute atomic E-state index is 0.0783. The molecule has 0 radical (unpaired) electrons. The van der Waals surface area contributed by atoms with Crippen molar-refractivity contribution >= 4 is 33.2 Å². The molecule has 4 aromatic carbocycles. The first-order valence-corrected chi connectivity index (χ1v) is 18.7. The van der Waals surface area contributed by atoms with Gasteiger partial charge in [-0.1, -0.05) is 42.5 Å². The van der Waals surface area contributed by atoms with Gasteiger partial charge in [-0.25, -0.2) is 12.7 Å². The van der Waals surface area contributed by atoms with Gasteiger partial charge in [0.2, 0.25) is 5.91 Å². The molecule has 0 aromatic heterocycles. The van der Waals surface area contributed by atoms with Crippen molar-refractivity contribution in [2.24, 2.45) is 5.92 Å². The number of carbonyl (C=O) groups is 2. The summed E-state index contributed by atoms with van der Waals surface area (Å²) >= 11 is 0. The number of anilines is 2. The van der Waals surface area contributed by atoms with Gasteiger partial charge < -0.3 is 25.3 Å². The highest BCUT2D eigenvalue weighted by molar-refractivity contribution is 7.93. The first kappa shape index (κ1) is 35.0. The van der Waals surface area contributed by atoms with E-state index in [1.165, 1.54) is 62.3 Å². The van der Waals surface area contributed by atoms with Crippen LogP contribution in [0.1, 0.15) is 48.0 Å². The predicted octanol–water partition coefficient (Wildman–Crippen LogP) is 5.69. The smallest absolute Gasteiger partial charge is 0.268 e. The molecule has 10 nitrogen and oxygen atoms in total. The largest absolute Gasteiger partial charge is 0.508 e. The molecule has 2 amide bonds. The summed E-state index contributed by atoms with van der Waals surface area (Å²) in [6.07, 6.45) is 5.77. The second-order valence-corrected chi connectivity index (χ2v) is 14.9.